The van der Waals surface area contributed by atoms with Crippen LogP contribution in [-0.2, 0) is 11.8 Å². The third-order valence-electron chi connectivity index (χ3n) is 4.06. The van der Waals surface area contributed by atoms with Gasteiger partial charge in [0.2, 0.25) is 0 Å². The van der Waals surface area contributed by atoms with E-state index in [0.29, 0.717) is 6.04 Å². The molecule has 1 fully saturated rings. The minimum absolute atomic E-state index is 0.565. The maximum atomic E-state index is 5.15. The van der Waals surface area contributed by atoms with Crippen LogP contribution >= 0.6 is 0 Å². The average Bonchev–Trinajstić information content (AvgIpc) is 2.86. The fourth-order valence-corrected chi connectivity index (χ4v) is 3.10. The summed E-state index contributed by atoms with van der Waals surface area (Å²) in [5.74, 6) is 0. The van der Waals surface area contributed by atoms with E-state index in [4.69, 9.17) is 4.74 Å². The summed E-state index contributed by atoms with van der Waals surface area (Å²) in [5, 5.41) is 4.55. The maximum absolute atomic E-state index is 5.15. The van der Waals surface area contributed by atoms with Gasteiger partial charge in [0, 0.05) is 44.6 Å². The second-order valence-corrected chi connectivity index (χ2v) is 5.25. The van der Waals surface area contributed by atoms with E-state index in [2.05, 4.69) is 23.8 Å². The van der Waals surface area contributed by atoms with Crippen LogP contribution in [0.5, 0.6) is 0 Å². The van der Waals surface area contributed by atoms with E-state index in [1.807, 2.05) is 11.7 Å². The molecule has 1 aliphatic rings. The topological polar surface area (TPSA) is 30.3 Å². The SMILES string of the molecule is COCCCN1CCC[C@@H]1c1c(C)nn(C)c1C. The van der Waals surface area contributed by atoms with Gasteiger partial charge in [0.15, 0.2) is 0 Å². The number of hydrogen-bond donors (Lipinski definition) is 0. The van der Waals surface area contributed by atoms with Crippen molar-refractivity contribution >= 4 is 0 Å². The van der Waals surface area contributed by atoms with Crippen LogP contribution in [0.25, 0.3) is 0 Å². The molecule has 0 unspecified atom stereocenters. The molecule has 0 N–H and O–H groups in total. The third-order valence-corrected chi connectivity index (χ3v) is 4.06. The van der Waals surface area contributed by atoms with Gasteiger partial charge in [-0.05, 0) is 39.7 Å². The van der Waals surface area contributed by atoms with Gasteiger partial charge in [-0.25, -0.2) is 0 Å². The van der Waals surface area contributed by atoms with E-state index < -0.39 is 0 Å². The largest absolute Gasteiger partial charge is 0.385 e. The molecule has 0 spiro atoms. The van der Waals surface area contributed by atoms with Crippen LogP contribution in [0.3, 0.4) is 0 Å². The molecule has 0 amide bonds. The molecule has 2 rings (SSSR count). The Kier molecular flexibility index (Phi) is 4.40. The van der Waals surface area contributed by atoms with Crippen molar-refractivity contribution in [3.8, 4) is 0 Å². The lowest BCUT2D eigenvalue weighted by atomic mass is 10.0. The smallest absolute Gasteiger partial charge is 0.0644 e. The number of nitrogens with zero attached hydrogens (tertiary/aromatic N) is 3. The summed E-state index contributed by atoms with van der Waals surface area (Å²) in [6, 6.07) is 0.565. The van der Waals surface area contributed by atoms with Gasteiger partial charge in [-0.3, -0.25) is 9.58 Å². The van der Waals surface area contributed by atoms with Gasteiger partial charge in [0.05, 0.1) is 5.69 Å². The molecule has 1 saturated heterocycles. The van der Waals surface area contributed by atoms with Crippen LogP contribution in [0.15, 0.2) is 0 Å². The van der Waals surface area contributed by atoms with Gasteiger partial charge in [0.1, 0.15) is 0 Å². The summed E-state index contributed by atoms with van der Waals surface area (Å²) in [5.41, 5.74) is 3.96. The van der Waals surface area contributed by atoms with E-state index in [-0.39, 0.29) is 0 Å². The Morgan fingerprint density at radius 1 is 1.39 bits per heavy atom. The lowest BCUT2D eigenvalue weighted by molar-refractivity contribution is 0.167. The van der Waals surface area contributed by atoms with Crippen LogP contribution in [0.2, 0.25) is 0 Å². The first-order chi connectivity index (χ1) is 8.65. The zero-order valence-corrected chi connectivity index (χ0v) is 12.1. The summed E-state index contributed by atoms with van der Waals surface area (Å²) in [6.07, 6.45) is 3.68. The summed E-state index contributed by atoms with van der Waals surface area (Å²) >= 11 is 0. The molecule has 1 atom stereocenters. The molecule has 2 heterocycles. The predicted molar refractivity (Wildman–Crippen MR) is 72.7 cm³/mol. The Morgan fingerprint density at radius 2 is 2.17 bits per heavy atom. The number of hydrogen-bond acceptors (Lipinski definition) is 3. The highest BCUT2D eigenvalue weighted by Gasteiger charge is 2.29. The third kappa shape index (κ3) is 2.59. The molecular formula is C14H25N3O. The maximum Gasteiger partial charge on any atom is 0.0644 e. The van der Waals surface area contributed by atoms with Gasteiger partial charge in [-0.1, -0.05) is 0 Å². The molecule has 102 valence electrons. The van der Waals surface area contributed by atoms with Crippen molar-refractivity contribution in [1.29, 1.82) is 0 Å². The predicted octanol–water partition coefficient (Wildman–Crippen LogP) is 2.21. The first-order valence-electron chi connectivity index (χ1n) is 6.88. The lowest BCUT2D eigenvalue weighted by Gasteiger charge is -2.25. The molecule has 1 aliphatic heterocycles. The summed E-state index contributed by atoms with van der Waals surface area (Å²) < 4.78 is 7.16. The van der Waals surface area contributed by atoms with Crippen molar-refractivity contribution in [1.82, 2.24) is 14.7 Å². The Morgan fingerprint density at radius 3 is 2.78 bits per heavy atom. The van der Waals surface area contributed by atoms with E-state index in [9.17, 15) is 0 Å². The van der Waals surface area contributed by atoms with Crippen LogP contribution in [-0.4, -0.2) is 41.5 Å². The molecule has 1 aromatic rings. The van der Waals surface area contributed by atoms with E-state index >= 15 is 0 Å². The summed E-state index contributed by atoms with van der Waals surface area (Å²) in [6.45, 7) is 7.51. The van der Waals surface area contributed by atoms with Crippen LogP contribution < -0.4 is 0 Å². The number of aryl methyl sites for hydroxylation is 2. The van der Waals surface area contributed by atoms with Crippen molar-refractivity contribution < 1.29 is 4.74 Å². The molecule has 4 heteroatoms. The average molecular weight is 251 g/mol. The quantitative estimate of drug-likeness (QED) is 0.752. The minimum Gasteiger partial charge on any atom is -0.385 e. The van der Waals surface area contributed by atoms with Gasteiger partial charge in [-0.15, -0.1) is 0 Å². The second-order valence-electron chi connectivity index (χ2n) is 5.25. The molecule has 1 aromatic heterocycles. The molecule has 18 heavy (non-hydrogen) atoms. The normalized spacial score (nSPS) is 20.8. The Balaban J connectivity index is 2.10. The van der Waals surface area contributed by atoms with Gasteiger partial charge in [0.25, 0.3) is 0 Å². The highest BCUT2D eigenvalue weighted by atomic mass is 16.5. The summed E-state index contributed by atoms with van der Waals surface area (Å²) in [7, 11) is 3.81. The molecule has 0 radical (unpaired) electrons. The Hall–Kier alpha value is -0.870. The Bertz CT molecular complexity index is 400. The van der Waals surface area contributed by atoms with Gasteiger partial charge < -0.3 is 4.74 Å². The van der Waals surface area contributed by atoms with Crippen LogP contribution in [0.1, 0.15) is 42.3 Å². The van der Waals surface area contributed by atoms with E-state index in [0.717, 1.165) is 19.6 Å². The fourth-order valence-electron chi connectivity index (χ4n) is 3.10. The first-order valence-corrected chi connectivity index (χ1v) is 6.88. The number of methoxy groups -OCH3 is 1. The number of ether oxygens (including phenoxy) is 1. The highest BCUT2D eigenvalue weighted by molar-refractivity contribution is 5.29. The van der Waals surface area contributed by atoms with Crippen molar-refractivity contribution in [2.24, 2.45) is 7.05 Å². The van der Waals surface area contributed by atoms with Crippen molar-refractivity contribution in [2.45, 2.75) is 39.2 Å². The summed E-state index contributed by atoms with van der Waals surface area (Å²) in [4.78, 5) is 2.59. The minimum atomic E-state index is 0.565. The molecule has 0 aromatic carbocycles. The standard InChI is InChI=1S/C14H25N3O/c1-11-14(12(2)16(3)15-11)13-7-5-8-17(13)9-6-10-18-4/h13H,5-10H2,1-4H3/t13-/m1/s1. The Labute approximate surface area is 110 Å². The zero-order chi connectivity index (χ0) is 13.1. The van der Waals surface area contributed by atoms with Crippen molar-refractivity contribution in [3.05, 3.63) is 17.0 Å². The molecule has 0 aliphatic carbocycles. The molecular weight excluding hydrogens is 226 g/mol. The zero-order valence-electron chi connectivity index (χ0n) is 12.1. The fraction of sp³-hybridized carbons (Fsp3) is 0.786. The molecule has 0 bridgehead atoms. The number of likely N-dealkylation sites (tertiary alicyclic amines) is 1. The number of aromatic nitrogens is 2. The van der Waals surface area contributed by atoms with Crippen molar-refractivity contribution in [2.75, 3.05) is 26.8 Å². The van der Waals surface area contributed by atoms with Crippen LogP contribution in [0, 0.1) is 13.8 Å². The highest BCUT2D eigenvalue weighted by Crippen LogP contribution is 2.35. The molecule has 0 saturated carbocycles. The molecule has 4 nitrogen and oxygen atoms in total. The van der Waals surface area contributed by atoms with Crippen molar-refractivity contribution in [3.63, 3.8) is 0 Å². The van der Waals surface area contributed by atoms with Gasteiger partial charge >= 0.3 is 0 Å². The number of rotatable bonds is 5. The van der Waals surface area contributed by atoms with E-state index in [1.165, 1.54) is 36.3 Å². The van der Waals surface area contributed by atoms with Gasteiger partial charge in [-0.2, -0.15) is 5.10 Å². The monoisotopic (exact) mass is 251 g/mol. The lowest BCUT2D eigenvalue weighted by Crippen LogP contribution is -2.26. The second kappa shape index (κ2) is 5.85. The van der Waals surface area contributed by atoms with E-state index in [1.54, 1.807) is 7.11 Å². The first kappa shape index (κ1) is 13.6. The van der Waals surface area contributed by atoms with Crippen LogP contribution in [0.4, 0.5) is 0 Å².